The number of nitrogens with zero attached hydrogens (tertiary/aromatic N) is 2. The number of primary amides is 1. The molecule has 1 amide bonds. The van der Waals surface area contributed by atoms with E-state index in [9.17, 15) is 9.59 Å². The summed E-state index contributed by atoms with van der Waals surface area (Å²) < 4.78 is 10.8. The van der Waals surface area contributed by atoms with Gasteiger partial charge in [-0.2, -0.15) is 15.4 Å². The normalized spacial score (nSPS) is 10.5. The van der Waals surface area contributed by atoms with Gasteiger partial charge in [-0.1, -0.05) is 12.1 Å². The quantitative estimate of drug-likeness (QED) is 0.620. The number of rotatable bonds is 6. The van der Waals surface area contributed by atoms with Crippen LogP contribution >= 0.6 is 0 Å². The summed E-state index contributed by atoms with van der Waals surface area (Å²) in [6.45, 7) is 0.00799. The van der Waals surface area contributed by atoms with Gasteiger partial charge in [-0.25, -0.2) is 4.79 Å². The molecule has 0 fully saturated rings. The molecule has 0 unspecified atom stereocenters. The molecule has 3 rings (SSSR count). The van der Waals surface area contributed by atoms with Crippen molar-refractivity contribution in [3.05, 3.63) is 53.6 Å². The van der Waals surface area contributed by atoms with Gasteiger partial charge < -0.3 is 20.0 Å². The second-order valence-electron chi connectivity index (χ2n) is 4.74. The molecule has 0 aliphatic heterocycles. The van der Waals surface area contributed by atoms with Gasteiger partial charge in [-0.15, -0.1) is 0 Å². The first-order valence-corrected chi connectivity index (χ1v) is 6.81. The van der Waals surface area contributed by atoms with E-state index in [1.54, 1.807) is 24.3 Å². The van der Waals surface area contributed by atoms with E-state index < -0.39 is 11.9 Å². The molecular formula is C15H12N4O5. The summed E-state index contributed by atoms with van der Waals surface area (Å²) >= 11 is 0. The number of hydrogen-bond acceptors (Lipinski definition) is 6. The molecule has 0 atom stereocenters. The highest BCUT2D eigenvalue weighted by Gasteiger charge is 2.19. The minimum atomic E-state index is -1.16. The number of carbonyl (C=O) groups excluding carboxylic acids is 1. The molecule has 0 saturated carbocycles. The zero-order valence-electron chi connectivity index (χ0n) is 12.2. The second kappa shape index (κ2) is 6.24. The van der Waals surface area contributed by atoms with Crippen LogP contribution in [-0.4, -0.2) is 32.4 Å². The van der Waals surface area contributed by atoms with Crippen molar-refractivity contribution in [3.63, 3.8) is 0 Å². The Morgan fingerprint density at radius 3 is 2.71 bits per heavy atom. The summed E-state index contributed by atoms with van der Waals surface area (Å²) in [4.78, 5) is 22.2. The highest BCUT2D eigenvalue weighted by Crippen LogP contribution is 2.30. The average Bonchev–Trinajstić information content (AvgIpc) is 3.22. The van der Waals surface area contributed by atoms with E-state index in [1.807, 2.05) is 0 Å². The van der Waals surface area contributed by atoms with Gasteiger partial charge >= 0.3 is 5.97 Å². The lowest BCUT2D eigenvalue weighted by Crippen LogP contribution is -2.13. The molecule has 122 valence electrons. The number of carboxylic acid groups (broad SMARTS) is 1. The van der Waals surface area contributed by atoms with E-state index in [-0.39, 0.29) is 23.8 Å². The number of para-hydroxylation sites is 1. The minimum absolute atomic E-state index is 0.00258. The molecule has 0 aliphatic rings. The van der Waals surface area contributed by atoms with Gasteiger partial charge in [0.1, 0.15) is 23.8 Å². The number of amides is 1. The first-order valence-electron chi connectivity index (χ1n) is 6.81. The van der Waals surface area contributed by atoms with Crippen molar-refractivity contribution >= 4 is 11.9 Å². The standard InChI is InChI=1S/C15H12N4O5/c16-14(20)13-12(17-19-18-13)9-3-1-2-4-10(9)23-7-8-5-6-11(24-8)15(21)22/h1-6H,7H2,(H2,16,20)(H,21,22)(H,17,18,19). The number of hydrogen-bond donors (Lipinski definition) is 3. The number of aromatic nitrogens is 3. The number of nitrogens with two attached hydrogens (primary N) is 1. The van der Waals surface area contributed by atoms with Crippen LogP contribution < -0.4 is 10.5 Å². The Morgan fingerprint density at radius 2 is 2.00 bits per heavy atom. The number of furan rings is 1. The molecule has 0 radical (unpaired) electrons. The van der Waals surface area contributed by atoms with Crippen molar-refractivity contribution in [1.29, 1.82) is 0 Å². The maximum absolute atomic E-state index is 11.4. The van der Waals surface area contributed by atoms with Crippen LogP contribution in [-0.2, 0) is 6.61 Å². The molecule has 0 saturated heterocycles. The molecule has 9 nitrogen and oxygen atoms in total. The number of aromatic amines is 1. The second-order valence-corrected chi connectivity index (χ2v) is 4.74. The van der Waals surface area contributed by atoms with Crippen LogP contribution in [0, 0.1) is 0 Å². The molecule has 4 N–H and O–H groups in total. The van der Waals surface area contributed by atoms with Gasteiger partial charge in [0.25, 0.3) is 5.91 Å². The van der Waals surface area contributed by atoms with Crippen molar-refractivity contribution in [2.45, 2.75) is 6.61 Å². The van der Waals surface area contributed by atoms with Crippen molar-refractivity contribution in [3.8, 4) is 17.0 Å². The molecule has 3 aromatic rings. The lowest BCUT2D eigenvalue weighted by molar-refractivity contribution is 0.0658. The third-order valence-corrected chi connectivity index (χ3v) is 3.17. The average molecular weight is 328 g/mol. The Balaban J connectivity index is 1.85. The maximum atomic E-state index is 11.4. The third kappa shape index (κ3) is 2.95. The fourth-order valence-electron chi connectivity index (χ4n) is 2.10. The van der Waals surface area contributed by atoms with Crippen LogP contribution in [0.5, 0.6) is 5.75 Å². The predicted molar refractivity (Wildman–Crippen MR) is 80.3 cm³/mol. The van der Waals surface area contributed by atoms with Crippen LogP contribution in [0.1, 0.15) is 26.8 Å². The van der Waals surface area contributed by atoms with Crippen LogP contribution in [0.2, 0.25) is 0 Å². The number of aromatic carboxylic acids is 1. The van der Waals surface area contributed by atoms with Gasteiger partial charge in [-0.05, 0) is 24.3 Å². The first-order chi connectivity index (χ1) is 11.6. The third-order valence-electron chi connectivity index (χ3n) is 3.17. The van der Waals surface area contributed by atoms with Gasteiger partial charge in [0.15, 0.2) is 5.69 Å². The van der Waals surface area contributed by atoms with E-state index in [1.165, 1.54) is 12.1 Å². The molecule has 9 heteroatoms. The van der Waals surface area contributed by atoms with Gasteiger partial charge in [0.05, 0.1) is 0 Å². The zero-order chi connectivity index (χ0) is 17.1. The Morgan fingerprint density at radius 1 is 1.21 bits per heavy atom. The van der Waals surface area contributed by atoms with Crippen molar-refractivity contribution in [1.82, 2.24) is 15.4 Å². The number of ether oxygens (including phenoxy) is 1. The highest BCUT2D eigenvalue weighted by molar-refractivity contribution is 5.97. The Kier molecular flexibility index (Phi) is 3.98. The summed E-state index contributed by atoms with van der Waals surface area (Å²) in [6.07, 6.45) is 0. The first kappa shape index (κ1) is 15.3. The van der Waals surface area contributed by atoms with Crippen molar-refractivity contribution < 1.29 is 23.8 Å². The van der Waals surface area contributed by atoms with Crippen molar-refractivity contribution in [2.75, 3.05) is 0 Å². The molecule has 2 heterocycles. The maximum Gasteiger partial charge on any atom is 0.371 e. The SMILES string of the molecule is NC(=O)c1n[nH]nc1-c1ccccc1OCc1ccc(C(=O)O)o1. The van der Waals surface area contributed by atoms with Crippen LogP contribution in [0.4, 0.5) is 0 Å². The summed E-state index contributed by atoms with van der Waals surface area (Å²) in [7, 11) is 0. The minimum Gasteiger partial charge on any atom is -0.485 e. The summed E-state index contributed by atoms with van der Waals surface area (Å²) in [6, 6.07) is 9.72. The molecular weight excluding hydrogens is 316 g/mol. The zero-order valence-corrected chi connectivity index (χ0v) is 12.2. The Labute approximate surface area is 135 Å². The van der Waals surface area contributed by atoms with Gasteiger partial charge in [0, 0.05) is 5.56 Å². The topological polar surface area (TPSA) is 144 Å². The molecule has 24 heavy (non-hydrogen) atoms. The fraction of sp³-hybridized carbons (Fsp3) is 0.0667. The Bertz CT molecular complexity index is 899. The van der Waals surface area contributed by atoms with Gasteiger partial charge in [-0.3, -0.25) is 4.79 Å². The molecule has 0 bridgehead atoms. The Hall–Kier alpha value is -3.62. The number of carboxylic acids is 1. The van der Waals surface area contributed by atoms with E-state index in [2.05, 4.69) is 15.4 Å². The number of nitrogens with one attached hydrogen (secondary N) is 1. The van der Waals surface area contributed by atoms with E-state index in [0.29, 0.717) is 17.1 Å². The monoisotopic (exact) mass is 328 g/mol. The molecule has 0 spiro atoms. The van der Waals surface area contributed by atoms with Crippen molar-refractivity contribution in [2.24, 2.45) is 5.73 Å². The van der Waals surface area contributed by atoms with E-state index in [4.69, 9.17) is 20.0 Å². The predicted octanol–water partition coefficient (Wildman–Crippen LogP) is 1.44. The molecule has 2 aromatic heterocycles. The van der Waals surface area contributed by atoms with E-state index in [0.717, 1.165) is 0 Å². The lowest BCUT2D eigenvalue weighted by atomic mass is 10.1. The van der Waals surface area contributed by atoms with Gasteiger partial charge in [0.2, 0.25) is 5.76 Å². The number of carbonyl (C=O) groups is 2. The highest BCUT2D eigenvalue weighted by atomic mass is 16.5. The summed E-state index contributed by atoms with van der Waals surface area (Å²) in [5.41, 5.74) is 6.05. The van der Waals surface area contributed by atoms with E-state index >= 15 is 0 Å². The number of H-pyrrole nitrogens is 1. The number of benzene rings is 1. The molecule has 1 aromatic carbocycles. The van der Waals surface area contributed by atoms with Crippen LogP contribution in [0.25, 0.3) is 11.3 Å². The molecule has 0 aliphatic carbocycles. The largest absolute Gasteiger partial charge is 0.485 e. The van der Waals surface area contributed by atoms with Crippen LogP contribution in [0.3, 0.4) is 0 Å². The lowest BCUT2D eigenvalue weighted by Gasteiger charge is -2.09. The smallest absolute Gasteiger partial charge is 0.371 e. The summed E-state index contributed by atoms with van der Waals surface area (Å²) in [5.74, 6) is -1.28. The summed E-state index contributed by atoms with van der Waals surface area (Å²) in [5, 5.41) is 18.8. The van der Waals surface area contributed by atoms with Crippen LogP contribution in [0.15, 0.2) is 40.8 Å². The fourth-order valence-corrected chi connectivity index (χ4v) is 2.10.